The molecule has 16 heavy (non-hydrogen) atoms. The number of aromatic amines is 1. The van der Waals surface area contributed by atoms with Gasteiger partial charge in [0.15, 0.2) is 5.43 Å². The number of hydrogen-bond donors (Lipinski definition) is 1. The van der Waals surface area contributed by atoms with Crippen LogP contribution in [0.25, 0.3) is 21.8 Å². The van der Waals surface area contributed by atoms with Crippen LogP contribution in [-0.2, 0) is 0 Å². The van der Waals surface area contributed by atoms with Crippen LogP contribution in [0.5, 0.6) is 0 Å². The SMILES string of the molecule is O=c1c2ccncc2[nH]c2ccc(Br)cc12. The largest absolute Gasteiger partial charge is 0.353 e. The van der Waals surface area contributed by atoms with Crippen LogP contribution in [0.1, 0.15) is 0 Å². The second-order valence-electron chi connectivity index (χ2n) is 3.57. The van der Waals surface area contributed by atoms with Crippen molar-refractivity contribution in [3.8, 4) is 0 Å². The number of nitrogens with zero attached hydrogens (tertiary/aromatic N) is 1. The van der Waals surface area contributed by atoms with Crippen molar-refractivity contribution in [2.45, 2.75) is 0 Å². The summed E-state index contributed by atoms with van der Waals surface area (Å²) in [4.78, 5) is 19.4. The minimum absolute atomic E-state index is 0.0347. The highest BCUT2D eigenvalue weighted by molar-refractivity contribution is 9.10. The number of benzene rings is 1. The van der Waals surface area contributed by atoms with Gasteiger partial charge in [-0.2, -0.15) is 0 Å². The molecule has 0 saturated heterocycles. The predicted molar refractivity (Wildman–Crippen MR) is 67.6 cm³/mol. The topological polar surface area (TPSA) is 45.8 Å². The van der Waals surface area contributed by atoms with Gasteiger partial charge in [0.1, 0.15) is 0 Å². The Morgan fingerprint density at radius 1 is 1.12 bits per heavy atom. The summed E-state index contributed by atoms with van der Waals surface area (Å²) in [6, 6.07) is 7.34. The third kappa shape index (κ3) is 1.34. The highest BCUT2D eigenvalue weighted by atomic mass is 79.9. The fourth-order valence-corrected chi connectivity index (χ4v) is 2.16. The first-order valence-electron chi connectivity index (χ1n) is 4.81. The van der Waals surface area contributed by atoms with Crippen LogP contribution < -0.4 is 5.43 Å². The Labute approximate surface area is 99.3 Å². The number of aromatic nitrogens is 2. The van der Waals surface area contributed by atoms with Crippen molar-refractivity contribution in [3.05, 3.63) is 51.4 Å². The van der Waals surface area contributed by atoms with E-state index in [0.717, 1.165) is 15.5 Å². The summed E-state index contributed by atoms with van der Waals surface area (Å²) in [6.07, 6.45) is 3.29. The summed E-state index contributed by atoms with van der Waals surface area (Å²) in [5, 5.41) is 1.36. The van der Waals surface area contributed by atoms with Crippen LogP contribution in [0.3, 0.4) is 0 Å². The number of H-pyrrole nitrogens is 1. The summed E-state index contributed by atoms with van der Waals surface area (Å²) in [5.74, 6) is 0. The van der Waals surface area contributed by atoms with Gasteiger partial charge in [0.25, 0.3) is 0 Å². The Balaban J connectivity index is 2.61. The van der Waals surface area contributed by atoms with Crippen LogP contribution in [-0.4, -0.2) is 9.97 Å². The lowest BCUT2D eigenvalue weighted by Crippen LogP contribution is -2.04. The van der Waals surface area contributed by atoms with E-state index in [1.165, 1.54) is 0 Å². The average molecular weight is 275 g/mol. The highest BCUT2D eigenvalue weighted by Crippen LogP contribution is 2.18. The lowest BCUT2D eigenvalue weighted by molar-refractivity contribution is 1.33. The zero-order valence-corrected chi connectivity index (χ0v) is 9.78. The van der Waals surface area contributed by atoms with Crippen LogP contribution in [0.4, 0.5) is 0 Å². The Morgan fingerprint density at radius 3 is 2.88 bits per heavy atom. The predicted octanol–water partition coefficient (Wildman–Crippen LogP) is 2.84. The molecule has 0 amide bonds. The molecule has 3 rings (SSSR count). The molecule has 0 atom stereocenters. The van der Waals surface area contributed by atoms with Crippen molar-refractivity contribution in [1.29, 1.82) is 0 Å². The number of hydrogen-bond acceptors (Lipinski definition) is 2. The van der Waals surface area contributed by atoms with Crippen LogP contribution >= 0.6 is 15.9 Å². The molecule has 2 aromatic heterocycles. The van der Waals surface area contributed by atoms with Crippen LogP contribution in [0, 0.1) is 0 Å². The third-order valence-electron chi connectivity index (χ3n) is 2.56. The summed E-state index contributed by atoms with van der Waals surface area (Å²) < 4.78 is 0.902. The third-order valence-corrected chi connectivity index (χ3v) is 3.05. The van der Waals surface area contributed by atoms with Crippen molar-refractivity contribution in [3.63, 3.8) is 0 Å². The van der Waals surface area contributed by atoms with E-state index < -0.39 is 0 Å². The van der Waals surface area contributed by atoms with E-state index in [2.05, 4.69) is 25.9 Å². The minimum atomic E-state index is 0.0347. The molecule has 0 aliphatic rings. The molecule has 0 unspecified atom stereocenters. The van der Waals surface area contributed by atoms with Crippen LogP contribution in [0.15, 0.2) is 45.9 Å². The van der Waals surface area contributed by atoms with Crippen molar-refractivity contribution >= 4 is 37.7 Å². The molecule has 0 bridgehead atoms. The van der Waals surface area contributed by atoms with Gasteiger partial charge in [0.2, 0.25) is 0 Å². The average Bonchev–Trinajstić information content (AvgIpc) is 2.31. The standard InChI is InChI=1S/C12H7BrN2O/c13-7-1-2-10-9(5-7)12(16)8-3-4-14-6-11(8)15-10/h1-6H,(H,15,16). The molecule has 0 spiro atoms. The lowest BCUT2D eigenvalue weighted by atomic mass is 10.1. The van der Waals surface area contributed by atoms with E-state index in [1.54, 1.807) is 18.5 Å². The first kappa shape index (κ1) is 9.54. The van der Waals surface area contributed by atoms with E-state index in [0.29, 0.717) is 10.8 Å². The van der Waals surface area contributed by atoms with Gasteiger partial charge in [-0.3, -0.25) is 9.78 Å². The molecule has 1 aromatic carbocycles. The normalized spacial score (nSPS) is 11.1. The zero-order chi connectivity index (χ0) is 11.1. The summed E-state index contributed by atoms with van der Waals surface area (Å²) in [6.45, 7) is 0. The van der Waals surface area contributed by atoms with Gasteiger partial charge < -0.3 is 4.98 Å². The lowest BCUT2D eigenvalue weighted by Gasteiger charge is -2.02. The molecule has 4 heteroatoms. The Kier molecular flexibility index (Phi) is 2.04. The maximum Gasteiger partial charge on any atom is 0.197 e. The summed E-state index contributed by atoms with van der Waals surface area (Å²) >= 11 is 3.37. The van der Waals surface area contributed by atoms with Crippen molar-refractivity contribution in [1.82, 2.24) is 9.97 Å². The number of pyridine rings is 2. The molecule has 3 aromatic rings. The Morgan fingerprint density at radius 2 is 2.00 bits per heavy atom. The van der Waals surface area contributed by atoms with Crippen molar-refractivity contribution in [2.24, 2.45) is 0 Å². The molecule has 0 aliphatic carbocycles. The second kappa shape index (κ2) is 3.42. The van der Waals surface area contributed by atoms with E-state index in [-0.39, 0.29) is 5.43 Å². The highest BCUT2D eigenvalue weighted by Gasteiger charge is 2.04. The Bertz CT molecular complexity index is 749. The van der Waals surface area contributed by atoms with Gasteiger partial charge in [-0.05, 0) is 24.3 Å². The smallest absolute Gasteiger partial charge is 0.197 e. The molecule has 0 aliphatic heterocycles. The zero-order valence-electron chi connectivity index (χ0n) is 8.20. The fraction of sp³-hybridized carbons (Fsp3) is 0. The molecule has 3 nitrogen and oxygen atoms in total. The van der Waals surface area contributed by atoms with E-state index in [1.807, 2.05) is 18.2 Å². The number of fused-ring (bicyclic) bond motifs is 2. The number of halogens is 1. The second-order valence-corrected chi connectivity index (χ2v) is 4.48. The molecule has 0 saturated carbocycles. The fourth-order valence-electron chi connectivity index (χ4n) is 1.80. The molecule has 0 fully saturated rings. The van der Waals surface area contributed by atoms with Crippen molar-refractivity contribution in [2.75, 3.05) is 0 Å². The number of rotatable bonds is 0. The molecule has 2 heterocycles. The van der Waals surface area contributed by atoms with Gasteiger partial charge in [-0.1, -0.05) is 15.9 Å². The maximum atomic E-state index is 12.2. The quantitative estimate of drug-likeness (QED) is 0.641. The first-order valence-corrected chi connectivity index (χ1v) is 5.60. The van der Waals surface area contributed by atoms with E-state index in [4.69, 9.17) is 0 Å². The van der Waals surface area contributed by atoms with Gasteiger partial charge in [0, 0.05) is 27.0 Å². The van der Waals surface area contributed by atoms with Crippen LogP contribution in [0.2, 0.25) is 0 Å². The van der Waals surface area contributed by atoms with Gasteiger partial charge >= 0.3 is 0 Å². The monoisotopic (exact) mass is 274 g/mol. The first-order chi connectivity index (χ1) is 7.75. The minimum Gasteiger partial charge on any atom is -0.353 e. The van der Waals surface area contributed by atoms with Gasteiger partial charge in [0.05, 0.1) is 11.7 Å². The van der Waals surface area contributed by atoms with Crippen molar-refractivity contribution < 1.29 is 0 Å². The Hall–Kier alpha value is -1.68. The van der Waals surface area contributed by atoms with Gasteiger partial charge in [-0.15, -0.1) is 0 Å². The molecular weight excluding hydrogens is 268 g/mol. The van der Waals surface area contributed by atoms with E-state index >= 15 is 0 Å². The summed E-state index contributed by atoms with van der Waals surface area (Å²) in [5.41, 5.74) is 1.63. The summed E-state index contributed by atoms with van der Waals surface area (Å²) in [7, 11) is 0. The molecule has 78 valence electrons. The van der Waals surface area contributed by atoms with Gasteiger partial charge in [-0.25, -0.2) is 0 Å². The molecular formula is C12H7BrN2O. The van der Waals surface area contributed by atoms with E-state index in [9.17, 15) is 4.79 Å². The number of nitrogens with one attached hydrogen (secondary N) is 1. The maximum absolute atomic E-state index is 12.2. The molecule has 0 radical (unpaired) electrons. The molecule has 1 N–H and O–H groups in total.